The Kier molecular flexibility index (Phi) is 4.95. The summed E-state index contributed by atoms with van der Waals surface area (Å²) < 4.78 is 15.7. The maximum atomic E-state index is 13.8. The molecule has 4 aromatic rings. The number of carbonyl (C=O) groups is 1. The molecule has 6 nitrogen and oxygen atoms in total. The molecule has 7 heteroatoms. The van der Waals surface area contributed by atoms with Crippen LogP contribution >= 0.6 is 0 Å². The molecule has 146 valence electrons. The molecule has 0 bridgehead atoms. The van der Waals surface area contributed by atoms with Gasteiger partial charge in [-0.3, -0.25) is 9.67 Å². The van der Waals surface area contributed by atoms with Crippen molar-refractivity contribution in [1.82, 2.24) is 14.8 Å². The lowest BCUT2D eigenvalue weighted by Crippen LogP contribution is -2.20. The highest BCUT2D eigenvalue weighted by Crippen LogP contribution is 2.28. The topological polar surface area (TPSA) is 71.8 Å². The van der Waals surface area contributed by atoms with Crippen LogP contribution < -0.4 is 10.6 Å². The summed E-state index contributed by atoms with van der Waals surface area (Å²) in [6, 6.07) is 11.5. The monoisotopic (exact) mass is 389 g/mol. The van der Waals surface area contributed by atoms with Crippen LogP contribution in [0.25, 0.3) is 22.0 Å². The van der Waals surface area contributed by atoms with Gasteiger partial charge in [-0.2, -0.15) is 5.10 Å². The molecule has 0 atom stereocenters. The quantitative estimate of drug-likeness (QED) is 0.503. The third kappa shape index (κ3) is 3.80. The average Bonchev–Trinajstić information content (AvgIpc) is 3.15. The zero-order valence-corrected chi connectivity index (χ0v) is 16.1. The van der Waals surface area contributed by atoms with Crippen LogP contribution in [0.2, 0.25) is 0 Å². The molecule has 0 aliphatic rings. The lowest BCUT2D eigenvalue weighted by Gasteiger charge is -2.10. The van der Waals surface area contributed by atoms with E-state index >= 15 is 0 Å². The summed E-state index contributed by atoms with van der Waals surface area (Å²) in [5.41, 5.74) is 4.52. The minimum Gasteiger partial charge on any atom is -0.308 e. The Morgan fingerprint density at radius 2 is 1.86 bits per heavy atom. The van der Waals surface area contributed by atoms with Crippen molar-refractivity contribution in [1.29, 1.82) is 0 Å². The van der Waals surface area contributed by atoms with Crippen LogP contribution in [-0.4, -0.2) is 20.8 Å². The Morgan fingerprint density at radius 3 is 2.62 bits per heavy atom. The van der Waals surface area contributed by atoms with Crippen LogP contribution in [0.5, 0.6) is 0 Å². The molecule has 0 radical (unpaired) electrons. The Labute approximate surface area is 167 Å². The van der Waals surface area contributed by atoms with Crippen molar-refractivity contribution < 1.29 is 9.18 Å². The predicted molar refractivity (Wildman–Crippen MR) is 112 cm³/mol. The van der Waals surface area contributed by atoms with Gasteiger partial charge in [0.25, 0.3) is 0 Å². The van der Waals surface area contributed by atoms with Gasteiger partial charge in [0.1, 0.15) is 5.82 Å². The lowest BCUT2D eigenvalue weighted by molar-refractivity contribution is 0.262. The second-order valence-electron chi connectivity index (χ2n) is 6.72. The number of nitrogens with one attached hydrogen (secondary N) is 2. The van der Waals surface area contributed by atoms with Crippen LogP contribution in [-0.2, 0) is 6.54 Å². The third-order valence-corrected chi connectivity index (χ3v) is 4.69. The van der Waals surface area contributed by atoms with E-state index in [4.69, 9.17) is 0 Å². The molecule has 29 heavy (non-hydrogen) atoms. The van der Waals surface area contributed by atoms with Crippen molar-refractivity contribution in [2.45, 2.75) is 20.4 Å². The van der Waals surface area contributed by atoms with Gasteiger partial charge in [0, 0.05) is 29.4 Å². The summed E-state index contributed by atoms with van der Waals surface area (Å²) in [6.07, 6.45) is 5.45. The van der Waals surface area contributed by atoms with Gasteiger partial charge in [-0.05, 0) is 49.2 Å². The zero-order valence-electron chi connectivity index (χ0n) is 16.1. The Hall–Kier alpha value is -3.74. The van der Waals surface area contributed by atoms with Crippen molar-refractivity contribution in [3.8, 4) is 11.1 Å². The van der Waals surface area contributed by atoms with E-state index in [2.05, 4.69) is 20.7 Å². The minimum absolute atomic E-state index is 0.143. The number of nitrogens with zero attached hydrogens (tertiary/aromatic N) is 3. The van der Waals surface area contributed by atoms with Crippen LogP contribution in [0.1, 0.15) is 12.5 Å². The molecule has 0 aliphatic heterocycles. The van der Waals surface area contributed by atoms with E-state index < -0.39 is 11.8 Å². The first-order valence-corrected chi connectivity index (χ1v) is 9.29. The molecule has 2 aromatic carbocycles. The number of aromatic nitrogens is 3. The van der Waals surface area contributed by atoms with E-state index in [0.717, 1.165) is 34.1 Å². The van der Waals surface area contributed by atoms with Crippen LogP contribution in [0.3, 0.4) is 0 Å². The number of halogens is 1. The van der Waals surface area contributed by atoms with Gasteiger partial charge in [-0.25, -0.2) is 9.18 Å². The standard InChI is InChI=1S/C22H20FN5O/c1-3-28-21-13-24-11-17(18(21)12-25-28)15-5-7-16(8-6-15)26-22(29)27-20-10-14(2)4-9-19(20)23/h4-13H,3H2,1-2H3,(H2,26,27,29). The highest BCUT2D eigenvalue weighted by atomic mass is 19.1. The normalized spacial score (nSPS) is 10.9. The van der Waals surface area contributed by atoms with Crippen LogP contribution in [0, 0.1) is 12.7 Å². The fraction of sp³-hybridized carbons (Fsp3) is 0.136. The summed E-state index contributed by atoms with van der Waals surface area (Å²) in [4.78, 5) is 16.5. The van der Waals surface area contributed by atoms with Gasteiger partial charge in [-0.1, -0.05) is 18.2 Å². The van der Waals surface area contributed by atoms with E-state index in [1.807, 2.05) is 36.9 Å². The number of amides is 2. The van der Waals surface area contributed by atoms with Gasteiger partial charge >= 0.3 is 6.03 Å². The highest BCUT2D eigenvalue weighted by molar-refractivity contribution is 6.00. The number of carbonyl (C=O) groups excluding carboxylic acids is 1. The van der Waals surface area contributed by atoms with Crippen molar-refractivity contribution in [2.24, 2.45) is 0 Å². The number of anilines is 2. The highest BCUT2D eigenvalue weighted by Gasteiger charge is 2.10. The molecular formula is C22H20FN5O. The van der Waals surface area contributed by atoms with Gasteiger partial charge < -0.3 is 10.6 Å². The van der Waals surface area contributed by atoms with E-state index in [1.54, 1.807) is 36.7 Å². The largest absolute Gasteiger partial charge is 0.323 e. The second kappa shape index (κ2) is 7.71. The second-order valence-corrected chi connectivity index (χ2v) is 6.72. The summed E-state index contributed by atoms with van der Waals surface area (Å²) >= 11 is 0. The maximum absolute atomic E-state index is 13.8. The fourth-order valence-electron chi connectivity index (χ4n) is 3.23. The summed E-state index contributed by atoms with van der Waals surface area (Å²) in [5, 5.41) is 10.7. The molecule has 0 unspecified atom stereocenters. The lowest BCUT2D eigenvalue weighted by atomic mass is 10.0. The Balaban J connectivity index is 1.52. The molecule has 0 saturated carbocycles. The minimum atomic E-state index is -0.504. The molecule has 0 saturated heterocycles. The van der Waals surface area contributed by atoms with Crippen molar-refractivity contribution in [2.75, 3.05) is 10.6 Å². The summed E-state index contributed by atoms with van der Waals surface area (Å²) in [6.45, 7) is 4.64. The SMILES string of the molecule is CCn1ncc2c(-c3ccc(NC(=O)Nc4cc(C)ccc4F)cc3)cncc21. The van der Waals surface area contributed by atoms with Crippen LogP contribution in [0.4, 0.5) is 20.6 Å². The van der Waals surface area contributed by atoms with Crippen molar-refractivity contribution in [3.63, 3.8) is 0 Å². The van der Waals surface area contributed by atoms with E-state index in [9.17, 15) is 9.18 Å². The summed E-state index contributed by atoms with van der Waals surface area (Å²) in [7, 11) is 0. The fourth-order valence-corrected chi connectivity index (χ4v) is 3.23. The molecule has 2 N–H and O–H groups in total. The first-order chi connectivity index (χ1) is 14.0. The van der Waals surface area contributed by atoms with Gasteiger partial charge in [-0.15, -0.1) is 0 Å². The number of urea groups is 1. The van der Waals surface area contributed by atoms with Crippen LogP contribution in [0.15, 0.2) is 61.1 Å². The van der Waals surface area contributed by atoms with E-state index in [0.29, 0.717) is 5.69 Å². The van der Waals surface area contributed by atoms with Crippen molar-refractivity contribution in [3.05, 3.63) is 72.4 Å². The molecule has 4 rings (SSSR count). The first-order valence-electron chi connectivity index (χ1n) is 9.29. The smallest absolute Gasteiger partial charge is 0.308 e. The zero-order chi connectivity index (χ0) is 20.4. The first kappa shape index (κ1) is 18.6. The number of rotatable bonds is 4. The van der Waals surface area contributed by atoms with Gasteiger partial charge in [0.2, 0.25) is 0 Å². The van der Waals surface area contributed by atoms with Gasteiger partial charge in [0.15, 0.2) is 0 Å². The number of pyridine rings is 1. The number of aryl methyl sites for hydroxylation is 2. The summed E-state index contributed by atoms with van der Waals surface area (Å²) in [5.74, 6) is -0.477. The van der Waals surface area contributed by atoms with Crippen molar-refractivity contribution >= 4 is 28.3 Å². The molecule has 0 aliphatic carbocycles. The molecule has 2 amide bonds. The van der Waals surface area contributed by atoms with E-state index in [1.165, 1.54) is 6.07 Å². The molecule has 2 heterocycles. The maximum Gasteiger partial charge on any atom is 0.323 e. The molecule has 0 fully saturated rings. The predicted octanol–water partition coefficient (Wildman–Crippen LogP) is 5.21. The number of benzene rings is 2. The van der Waals surface area contributed by atoms with E-state index in [-0.39, 0.29) is 5.69 Å². The van der Waals surface area contributed by atoms with Gasteiger partial charge in [0.05, 0.1) is 23.6 Å². The number of hydrogen-bond acceptors (Lipinski definition) is 3. The number of hydrogen-bond donors (Lipinski definition) is 2. The average molecular weight is 389 g/mol. The third-order valence-electron chi connectivity index (χ3n) is 4.69. The molecule has 0 spiro atoms. The molecule has 2 aromatic heterocycles. The Bertz CT molecular complexity index is 1180. The number of fused-ring (bicyclic) bond motifs is 1. The molecular weight excluding hydrogens is 369 g/mol. The Morgan fingerprint density at radius 1 is 1.07 bits per heavy atom.